The van der Waals surface area contributed by atoms with Crippen molar-refractivity contribution in [3.05, 3.63) is 45.7 Å². The van der Waals surface area contributed by atoms with Gasteiger partial charge in [-0.1, -0.05) is 35.9 Å². The molecule has 5 N–H and O–H groups in total. The first-order valence-electron chi connectivity index (χ1n) is 10.3. The van der Waals surface area contributed by atoms with Crippen LogP contribution in [0, 0.1) is 11.8 Å². The molecule has 1 saturated carbocycles. The molecule has 0 aliphatic heterocycles. The summed E-state index contributed by atoms with van der Waals surface area (Å²) in [5.74, 6) is -0.263. The van der Waals surface area contributed by atoms with Crippen molar-refractivity contribution in [2.45, 2.75) is 69.4 Å². The highest BCUT2D eigenvalue weighted by molar-refractivity contribution is 7.16. The zero-order valence-electron chi connectivity index (χ0n) is 16.6. The van der Waals surface area contributed by atoms with E-state index in [1.165, 1.54) is 11.3 Å². The van der Waals surface area contributed by atoms with Gasteiger partial charge in [0.15, 0.2) is 0 Å². The molecule has 2 rings (SSSR count). The molecule has 29 heavy (non-hydrogen) atoms. The summed E-state index contributed by atoms with van der Waals surface area (Å²) in [5, 5.41) is 49.0. The zero-order valence-corrected chi connectivity index (χ0v) is 18.2. The lowest BCUT2D eigenvalue weighted by Crippen LogP contribution is -2.20. The second kappa shape index (κ2) is 12.8. The minimum atomic E-state index is -0.659. The standard InChI is InChI=1S/C22H33ClO5S/c23-22-12-10-17(29-22)9-7-15(25)8-11-19-18(20(27)13-21(19)28)6-4-2-1-3-5-16(26)14-24/h2,4,8,10-12,15-16,18-21,24-28H,1,3,5-7,9,13-14H2/b4-2-,11-8?/t15-,16?,18+,19+,20-,21+/m0/s1. The van der Waals surface area contributed by atoms with E-state index in [9.17, 15) is 20.4 Å². The summed E-state index contributed by atoms with van der Waals surface area (Å²) < 4.78 is 0.744. The molecule has 0 radical (unpaired) electrons. The van der Waals surface area contributed by atoms with Crippen LogP contribution in [-0.4, -0.2) is 56.6 Å². The maximum atomic E-state index is 10.3. The maximum absolute atomic E-state index is 10.3. The molecule has 1 aromatic heterocycles. The molecule has 1 heterocycles. The number of aliphatic hydroxyl groups is 5. The Morgan fingerprint density at radius 1 is 1.14 bits per heavy atom. The number of unbranched alkanes of at least 4 members (excludes halogenated alkanes) is 1. The zero-order chi connectivity index (χ0) is 21.2. The van der Waals surface area contributed by atoms with E-state index < -0.39 is 24.4 Å². The molecule has 164 valence electrons. The van der Waals surface area contributed by atoms with Crippen molar-refractivity contribution in [1.82, 2.24) is 0 Å². The Hall–Kier alpha value is -0.730. The van der Waals surface area contributed by atoms with Crippen LogP contribution >= 0.6 is 22.9 Å². The highest BCUT2D eigenvalue weighted by Gasteiger charge is 2.39. The van der Waals surface area contributed by atoms with E-state index in [1.54, 1.807) is 6.08 Å². The molecule has 1 aromatic rings. The summed E-state index contributed by atoms with van der Waals surface area (Å²) in [6.45, 7) is -0.212. The maximum Gasteiger partial charge on any atom is 0.0931 e. The van der Waals surface area contributed by atoms with Crippen LogP contribution in [0.5, 0.6) is 0 Å². The average molecular weight is 445 g/mol. The second-order valence-corrected chi connectivity index (χ2v) is 9.58. The van der Waals surface area contributed by atoms with Crippen molar-refractivity contribution in [2.75, 3.05) is 6.61 Å². The molecule has 0 amide bonds. The highest BCUT2D eigenvalue weighted by atomic mass is 35.5. The highest BCUT2D eigenvalue weighted by Crippen LogP contribution is 2.36. The van der Waals surface area contributed by atoms with Gasteiger partial charge in [-0.05, 0) is 56.6 Å². The number of allylic oxidation sites excluding steroid dienone is 2. The molecule has 0 bridgehead atoms. The van der Waals surface area contributed by atoms with Gasteiger partial charge in [0.25, 0.3) is 0 Å². The van der Waals surface area contributed by atoms with Crippen molar-refractivity contribution in [1.29, 1.82) is 0 Å². The molecule has 1 aliphatic rings. The Morgan fingerprint density at radius 2 is 1.93 bits per heavy atom. The fraction of sp³-hybridized carbons (Fsp3) is 0.636. The lowest BCUT2D eigenvalue weighted by Gasteiger charge is -2.19. The summed E-state index contributed by atoms with van der Waals surface area (Å²) >= 11 is 7.44. The quantitative estimate of drug-likeness (QED) is 0.252. The number of rotatable bonds is 12. The van der Waals surface area contributed by atoms with Crippen molar-refractivity contribution in [3.63, 3.8) is 0 Å². The van der Waals surface area contributed by atoms with Gasteiger partial charge < -0.3 is 25.5 Å². The number of hydrogen-bond donors (Lipinski definition) is 5. The average Bonchev–Trinajstić information content (AvgIpc) is 3.23. The second-order valence-electron chi connectivity index (χ2n) is 7.78. The van der Waals surface area contributed by atoms with E-state index in [4.69, 9.17) is 16.7 Å². The van der Waals surface area contributed by atoms with E-state index in [1.807, 2.05) is 30.4 Å². The third-order valence-electron chi connectivity index (χ3n) is 5.48. The summed E-state index contributed by atoms with van der Waals surface area (Å²) in [5.41, 5.74) is 0. The molecular weight excluding hydrogens is 412 g/mol. The number of hydrogen-bond acceptors (Lipinski definition) is 6. The monoisotopic (exact) mass is 444 g/mol. The Labute approximate surface area is 182 Å². The van der Waals surface area contributed by atoms with Crippen molar-refractivity contribution < 1.29 is 25.5 Å². The number of thiophene rings is 1. The molecule has 0 spiro atoms. The molecule has 0 aromatic carbocycles. The minimum Gasteiger partial charge on any atom is -0.394 e. The van der Waals surface area contributed by atoms with Gasteiger partial charge in [-0.3, -0.25) is 0 Å². The van der Waals surface area contributed by atoms with Gasteiger partial charge in [0.05, 0.1) is 35.4 Å². The van der Waals surface area contributed by atoms with Crippen LogP contribution in [0.1, 0.15) is 43.4 Å². The van der Waals surface area contributed by atoms with E-state index in [-0.39, 0.29) is 18.4 Å². The van der Waals surface area contributed by atoms with Gasteiger partial charge in [0.2, 0.25) is 0 Å². The van der Waals surface area contributed by atoms with Crippen molar-refractivity contribution in [2.24, 2.45) is 11.8 Å². The summed E-state index contributed by atoms with van der Waals surface area (Å²) in [6, 6.07) is 3.82. The number of halogens is 1. The van der Waals surface area contributed by atoms with Crippen LogP contribution in [0.4, 0.5) is 0 Å². The van der Waals surface area contributed by atoms with Crippen LogP contribution in [0.2, 0.25) is 4.34 Å². The first kappa shape index (κ1) is 24.5. The fourth-order valence-electron chi connectivity index (χ4n) is 3.77. The Bertz CT molecular complexity index is 647. The predicted molar refractivity (Wildman–Crippen MR) is 117 cm³/mol. The molecule has 0 saturated heterocycles. The first-order valence-corrected chi connectivity index (χ1v) is 11.5. The van der Waals surface area contributed by atoms with E-state index in [0.717, 1.165) is 28.5 Å². The van der Waals surface area contributed by atoms with E-state index in [2.05, 4.69) is 0 Å². The van der Waals surface area contributed by atoms with Crippen LogP contribution in [-0.2, 0) is 6.42 Å². The van der Waals surface area contributed by atoms with Crippen LogP contribution in [0.25, 0.3) is 0 Å². The topological polar surface area (TPSA) is 101 Å². The van der Waals surface area contributed by atoms with E-state index >= 15 is 0 Å². The molecule has 7 heteroatoms. The van der Waals surface area contributed by atoms with Gasteiger partial charge in [-0.15, -0.1) is 11.3 Å². The summed E-state index contributed by atoms with van der Waals surface area (Å²) in [7, 11) is 0. The number of aryl methyl sites for hydroxylation is 1. The molecule has 6 atom stereocenters. The third-order valence-corrected chi connectivity index (χ3v) is 6.77. The van der Waals surface area contributed by atoms with Crippen LogP contribution in [0.3, 0.4) is 0 Å². The van der Waals surface area contributed by atoms with Crippen molar-refractivity contribution in [3.8, 4) is 0 Å². The summed E-state index contributed by atoms with van der Waals surface area (Å²) in [6.07, 6.45) is 9.66. The third kappa shape index (κ3) is 8.50. The predicted octanol–water partition coefficient (Wildman–Crippen LogP) is 3.08. The normalized spacial score (nSPS) is 27.2. The summed E-state index contributed by atoms with van der Waals surface area (Å²) in [4.78, 5) is 1.13. The minimum absolute atomic E-state index is 0.0798. The van der Waals surface area contributed by atoms with Gasteiger partial charge in [-0.25, -0.2) is 0 Å². The number of aliphatic hydroxyl groups excluding tert-OH is 5. The van der Waals surface area contributed by atoms with Gasteiger partial charge in [0.1, 0.15) is 0 Å². The van der Waals surface area contributed by atoms with E-state index in [0.29, 0.717) is 25.7 Å². The molecule has 5 nitrogen and oxygen atoms in total. The van der Waals surface area contributed by atoms with Gasteiger partial charge in [-0.2, -0.15) is 0 Å². The fourth-order valence-corrected chi connectivity index (χ4v) is 4.87. The SMILES string of the molecule is OCC(O)CCC/C=C\C[C@@H]1[C@@H](C=C[C@@H](O)CCc2ccc(Cl)s2)[C@H](O)C[C@@H]1O. The van der Waals surface area contributed by atoms with Crippen LogP contribution in [0.15, 0.2) is 36.4 Å². The molecule has 1 unspecified atom stereocenters. The Morgan fingerprint density at radius 3 is 2.62 bits per heavy atom. The molecular formula is C22H33ClO5S. The Balaban J connectivity index is 1.79. The van der Waals surface area contributed by atoms with Crippen LogP contribution < -0.4 is 0 Å². The van der Waals surface area contributed by atoms with Crippen molar-refractivity contribution >= 4 is 22.9 Å². The van der Waals surface area contributed by atoms with Gasteiger partial charge >= 0.3 is 0 Å². The molecule has 1 aliphatic carbocycles. The van der Waals surface area contributed by atoms with Gasteiger partial charge in [0, 0.05) is 17.2 Å². The lowest BCUT2D eigenvalue weighted by atomic mass is 9.89. The molecule has 1 fully saturated rings. The first-order chi connectivity index (χ1) is 13.9. The lowest BCUT2D eigenvalue weighted by molar-refractivity contribution is 0.0868. The Kier molecular flexibility index (Phi) is 10.9. The largest absolute Gasteiger partial charge is 0.394 e. The smallest absolute Gasteiger partial charge is 0.0931 e.